The number of benzene rings is 2. The molecule has 2 heterocycles. The minimum Gasteiger partial charge on any atom is -0.345 e. The first-order valence-electron chi connectivity index (χ1n) is 9.34. The van der Waals surface area contributed by atoms with Crippen LogP contribution in [0.25, 0.3) is 15.8 Å². The standard InChI is InChI=1S/C19H14Cl2N6O5S2/c1-25(8-12-9-26(24-23-12)13-4-10(20)3-11(21)5-13)19-22-18(28)15-6-14(34(2,31)32)7-16(27(29)30)17(15)33-19/h3-7,9H,8H2,1-2H3. The van der Waals surface area contributed by atoms with Gasteiger partial charge in [0.1, 0.15) is 10.4 Å². The third-order valence-corrected chi connectivity index (χ3v) is 7.41. The van der Waals surface area contributed by atoms with Gasteiger partial charge >= 0.3 is 0 Å². The SMILES string of the molecule is CN(Cc1cn(-c2cc(Cl)cc(Cl)c2)nn1)c1nc(=O)c2cc(S(C)(=O)=O)cc([N+](=O)[O-])c2s1. The van der Waals surface area contributed by atoms with E-state index in [0.29, 0.717) is 21.4 Å². The summed E-state index contributed by atoms with van der Waals surface area (Å²) in [6.45, 7) is 0.179. The van der Waals surface area contributed by atoms with Crippen LogP contribution in [0.5, 0.6) is 0 Å². The number of nitro benzene ring substituents is 1. The second kappa shape index (κ2) is 8.91. The number of aromatic nitrogens is 4. The van der Waals surface area contributed by atoms with Gasteiger partial charge in [-0.1, -0.05) is 39.8 Å². The van der Waals surface area contributed by atoms with E-state index in [1.54, 1.807) is 36.3 Å². The molecule has 4 rings (SSSR count). The summed E-state index contributed by atoms with van der Waals surface area (Å²) in [7, 11) is -2.14. The van der Waals surface area contributed by atoms with Crippen LogP contribution < -0.4 is 10.5 Å². The maximum atomic E-state index is 12.7. The van der Waals surface area contributed by atoms with Crippen molar-refractivity contribution in [1.29, 1.82) is 0 Å². The highest BCUT2D eigenvalue weighted by molar-refractivity contribution is 7.90. The fraction of sp³-hybridized carbons (Fsp3) is 0.158. The zero-order valence-electron chi connectivity index (χ0n) is 17.5. The second-order valence-corrected chi connectivity index (χ2v) is 11.2. The van der Waals surface area contributed by atoms with Gasteiger partial charge in [-0.25, -0.2) is 13.1 Å². The van der Waals surface area contributed by atoms with Gasteiger partial charge in [0, 0.05) is 29.4 Å². The first-order valence-corrected chi connectivity index (χ1v) is 12.8. The number of halogens is 2. The van der Waals surface area contributed by atoms with Crippen molar-refractivity contribution >= 4 is 65.3 Å². The van der Waals surface area contributed by atoms with Crippen LogP contribution in [0.4, 0.5) is 10.8 Å². The summed E-state index contributed by atoms with van der Waals surface area (Å²) in [5.41, 5.74) is -0.144. The molecule has 2 aromatic carbocycles. The van der Waals surface area contributed by atoms with Gasteiger partial charge in [-0.3, -0.25) is 14.9 Å². The Hall–Kier alpha value is -3.13. The topological polar surface area (TPSA) is 141 Å². The second-order valence-electron chi connectivity index (χ2n) is 7.29. The van der Waals surface area contributed by atoms with Crippen molar-refractivity contribution < 1.29 is 13.3 Å². The smallest absolute Gasteiger partial charge is 0.288 e. The molecule has 2 aromatic heterocycles. The predicted molar refractivity (Wildman–Crippen MR) is 129 cm³/mol. The van der Waals surface area contributed by atoms with Gasteiger partial charge in [0.25, 0.3) is 11.2 Å². The van der Waals surface area contributed by atoms with Gasteiger partial charge in [0.15, 0.2) is 15.0 Å². The van der Waals surface area contributed by atoms with Gasteiger partial charge in [-0.2, -0.15) is 4.98 Å². The van der Waals surface area contributed by atoms with Crippen molar-refractivity contribution in [3.8, 4) is 5.69 Å². The Balaban J connectivity index is 1.70. The van der Waals surface area contributed by atoms with Gasteiger partial charge in [0.05, 0.1) is 33.6 Å². The normalized spacial score (nSPS) is 11.6. The Labute approximate surface area is 206 Å². The van der Waals surface area contributed by atoms with Crippen molar-refractivity contribution in [2.45, 2.75) is 11.4 Å². The van der Waals surface area contributed by atoms with Crippen molar-refractivity contribution in [2.75, 3.05) is 18.2 Å². The lowest BCUT2D eigenvalue weighted by Crippen LogP contribution is -2.20. The van der Waals surface area contributed by atoms with Crippen LogP contribution in [0.1, 0.15) is 5.69 Å². The lowest BCUT2D eigenvalue weighted by Gasteiger charge is -2.15. The van der Waals surface area contributed by atoms with Gasteiger partial charge < -0.3 is 4.90 Å². The predicted octanol–water partition coefficient (Wildman–Crippen LogP) is 3.49. The fourth-order valence-corrected chi connectivity index (χ4v) is 5.31. The highest BCUT2D eigenvalue weighted by Gasteiger charge is 2.23. The van der Waals surface area contributed by atoms with Gasteiger partial charge in [0.2, 0.25) is 0 Å². The quantitative estimate of drug-likeness (QED) is 0.265. The number of non-ortho nitro benzene ring substituents is 1. The van der Waals surface area contributed by atoms with Crippen LogP contribution in [0.15, 0.2) is 46.2 Å². The molecule has 4 aromatic rings. The summed E-state index contributed by atoms with van der Waals surface area (Å²) in [6, 6.07) is 6.96. The fourth-order valence-electron chi connectivity index (χ4n) is 3.11. The lowest BCUT2D eigenvalue weighted by molar-refractivity contribution is -0.383. The number of sulfone groups is 1. The molecule has 0 fully saturated rings. The summed E-state index contributed by atoms with van der Waals surface area (Å²) in [5, 5.41) is 20.7. The molecule has 176 valence electrons. The summed E-state index contributed by atoms with van der Waals surface area (Å²) < 4.78 is 25.3. The summed E-state index contributed by atoms with van der Waals surface area (Å²) >= 11 is 13.0. The number of rotatable bonds is 6. The summed E-state index contributed by atoms with van der Waals surface area (Å²) in [6.07, 6.45) is 2.55. The Morgan fingerprint density at radius 1 is 1.18 bits per heavy atom. The summed E-state index contributed by atoms with van der Waals surface area (Å²) in [4.78, 5) is 28.8. The highest BCUT2D eigenvalue weighted by atomic mass is 35.5. The molecule has 0 amide bonds. The molecule has 0 saturated carbocycles. The van der Waals surface area contributed by atoms with Crippen molar-refractivity contribution in [3.05, 3.63) is 72.7 Å². The van der Waals surface area contributed by atoms with Crippen LogP contribution in [0, 0.1) is 10.1 Å². The average molecular weight is 541 g/mol. The number of hydrogen-bond acceptors (Lipinski definition) is 10. The van der Waals surface area contributed by atoms with E-state index in [1.807, 2.05) is 0 Å². The van der Waals surface area contributed by atoms with E-state index in [-0.39, 0.29) is 26.7 Å². The first kappa shape index (κ1) is 24.0. The number of nitro groups is 1. The minimum atomic E-state index is -3.77. The van der Waals surface area contributed by atoms with E-state index < -0.39 is 26.0 Å². The molecule has 15 heteroatoms. The van der Waals surface area contributed by atoms with Crippen LogP contribution in [-0.4, -0.2) is 46.6 Å². The zero-order valence-corrected chi connectivity index (χ0v) is 20.6. The maximum absolute atomic E-state index is 12.7. The van der Waals surface area contributed by atoms with Crippen LogP contribution in [0.2, 0.25) is 10.0 Å². The molecule has 0 spiro atoms. The Kier molecular flexibility index (Phi) is 6.29. The van der Waals surface area contributed by atoms with Crippen molar-refractivity contribution in [3.63, 3.8) is 0 Å². The Morgan fingerprint density at radius 2 is 1.85 bits per heavy atom. The van der Waals surface area contributed by atoms with E-state index >= 15 is 0 Å². The molecular formula is C19H14Cl2N6O5S2. The molecular weight excluding hydrogens is 527 g/mol. The third-order valence-electron chi connectivity index (χ3n) is 4.67. The van der Waals surface area contributed by atoms with Crippen LogP contribution in [0.3, 0.4) is 0 Å². The molecule has 0 saturated heterocycles. The molecule has 34 heavy (non-hydrogen) atoms. The van der Waals surface area contributed by atoms with E-state index in [1.165, 1.54) is 4.68 Å². The van der Waals surface area contributed by atoms with Gasteiger partial charge in [-0.15, -0.1) is 5.10 Å². The summed E-state index contributed by atoms with van der Waals surface area (Å²) in [5.74, 6) is 0. The molecule has 0 aliphatic heterocycles. The molecule has 0 atom stereocenters. The van der Waals surface area contributed by atoms with Crippen LogP contribution in [-0.2, 0) is 16.4 Å². The lowest BCUT2D eigenvalue weighted by atomic mass is 10.2. The maximum Gasteiger partial charge on any atom is 0.288 e. The Bertz CT molecular complexity index is 1600. The largest absolute Gasteiger partial charge is 0.345 e. The molecule has 0 aliphatic rings. The van der Waals surface area contributed by atoms with E-state index in [9.17, 15) is 23.3 Å². The number of fused-ring (bicyclic) bond motifs is 1. The molecule has 0 aliphatic carbocycles. The van der Waals surface area contributed by atoms with Gasteiger partial charge in [-0.05, 0) is 24.3 Å². The average Bonchev–Trinajstić information content (AvgIpc) is 3.20. The number of hydrogen-bond donors (Lipinski definition) is 0. The van der Waals surface area contributed by atoms with E-state index in [4.69, 9.17) is 23.2 Å². The molecule has 0 N–H and O–H groups in total. The van der Waals surface area contributed by atoms with Crippen molar-refractivity contribution in [2.24, 2.45) is 0 Å². The number of nitrogens with zero attached hydrogens (tertiary/aromatic N) is 6. The van der Waals surface area contributed by atoms with Crippen LogP contribution >= 0.6 is 34.5 Å². The molecule has 0 radical (unpaired) electrons. The molecule has 0 unspecified atom stereocenters. The molecule has 11 nitrogen and oxygen atoms in total. The molecule has 0 bridgehead atoms. The zero-order chi connectivity index (χ0) is 24.8. The number of anilines is 1. The van der Waals surface area contributed by atoms with E-state index in [0.717, 1.165) is 29.7 Å². The Morgan fingerprint density at radius 3 is 2.47 bits per heavy atom. The first-order chi connectivity index (χ1) is 15.9. The highest BCUT2D eigenvalue weighted by Crippen LogP contribution is 2.34. The monoisotopic (exact) mass is 540 g/mol. The minimum absolute atomic E-state index is 0.0245. The van der Waals surface area contributed by atoms with E-state index in [2.05, 4.69) is 15.3 Å². The van der Waals surface area contributed by atoms with Crippen molar-refractivity contribution in [1.82, 2.24) is 20.0 Å². The third kappa shape index (κ3) is 4.87.